The van der Waals surface area contributed by atoms with Crippen molar-refractivity contribution < 1.29 is 9.53 Å². The number of ether oxygens (including phenoxy) is 1. The fourth-order valence-electron chi connectivity index (χ4n) is 3.05. The van der Waals surface area contributed by atoms with Crippen LogP contribution >= 0.6 is 11.6 Å². The highest BCUT2D eigenvalue weighted by molar-refractivity contribution is 6.31. The summed E-state index contributed by atoms with van der Waals surface area (Å²) < 4.78 is 7.16. The van der Waals surface area contributed by atoms with E-state index in [9.17, 15) is 4.79 Å². The third kappa shape index (κ3) is 3.36. The molecule has 6 nitrogen and oxygen atoms in total. The summed E-state index contributed by atoms with van der Waals surface area (Å²) in [6.07, 6.45) is 0.314. The predicted octanol–water partition coefficient (Wildman–Crippen LogP) is 3.72. The molecule has 27 heavy (non-hydrogen) atoms. The monoisotopic (exact) mass is 380 g/mol. The maximum Gasteiger partial charge on any atom is 0.305 e. The quantitative estimate of drug-likeness (QED) is 0.647. The summed E-state index contributed by atoms with van der Waals surface area (Å²) in [6, 6.07) is 15.6. The molecule has 1 aliphatic rings. The Bertz CT molecular complexity index is 1030. The number of carbonyl (C=O) groups is 1. The molecule has 4 rings (SSSR count). The van der Waals surface area contributed by atoms with Gasteiger partial charge in [0, 0.05) is 22.6 Å². The lowest BCUT2D eigenvalue weighted by Gasteiger charge is -2.14. The number of hydrogen-bond acceptors (Lipinski definition) is 5. The molecule has 2 heterocycles. The zero-order valence-corrected chi connectivity index (χ0v) is 15.5. The van der Waals surface area contributed by atoms with Crippen molar-refractivity contribution in [2.75, 3.05) is 0 Å². The first-order chi connectivity index (χ1) is 13.2. The largest absolute Gasteiger partial charge is 0.457 e. The Balaban J connectivity index is 1.83. The Morgan fingerprint density at radius 2 is 2.00 bits per heavy atom. The van der Waals surface area contributed by atoms with Gasteiger partial charge in [0.25, 0.3) is 0 Å². The second kappa shape index (κ2) is 7.32. The average molecular weight is 381 g/mol. The molecule has 3 aromatic rings. The number of benzene rings is 2. The van der Waals surface area contributed by atoms with Crippen molar-refractivity contribution in [3.63, 3.8) is 0 Å². The Labute approximate surface area is 161 Å². The summed E-state index contributed by atoms with van der Waals surface area (Å²) in [4.78, 5) is 16.3. The Morgan fingerprint density at radius 1 is 1.19 bits per heavy atom. The lowest BCUT2D eigenvalue weighted by atomic mass is 10.0. The maximum absolute atomic E-state index is 11.6. The van der Waals surface area contributed by atoms with Gasteiger partial charge in [0.05, 0.1) is 11.4 Å². The maximum atomic E-state index is 11.6. The van der Waals surface area contributed by atoms with Gasteiger partial charge in [0.2, 0.25) is 0 Å². The van der Waals surface area contributed by atoms with Crippen molar-refractivity contribution in [1.29, 1.82) is 0 Å². The molecule has 0 unspecified atom stereocenters. The van der Waals surface area contributed by atoms with E-state index in [4.69, 9.17) is 21.3 Å². The van der Waals surface area contributed by atoms with Crippen LogP contribution in [0.4, 0.5) is 0 Å². The number of carbonyl (C=O) groups excluding carboxylic acids is 1. The van der Waals surface area contributed by atoms with Gasteiger partial charge in [0.15, 0.2) is 18.3 Å². The first kappa shape index (κ1) is 17.4. The molecule has 0 bridgehead atoms. The van der Waals surface area contributed by atoms with Gasteiger partial charge in [-0.3, -0.25) is 14.4 Å². The normalized spacial score (nSPS) is 12.6. The van der Waals surface area contributed by atoms with Crippen LogP contribution in [0.25, 0.3) is 5.69 Å². The molecule has 7 heteroatoms. The van der Waals surface area contributed by atoms with Crippen LogP contribution in [0.1, 0.15) is 36.1 Å². The fourth-order valence-corrected chi connectivity index (χ4v) is 3.22. The van der Waals surface area contributed by atoms with Crippen LogP contribution in [0.5, 0.6) is 0 Å². The van der Waals surface area contributed by atoms with Crippen LogP contribution < -0.4 is 0 Å². The van der Waals surface area contributed by atoms with E-state index in [-0.39, 0.29) is 12.6 Å². The van der Waals surface area contributed by atoms with Crippen LogP contribution in [0, 0.1) is 0 Å². The lowest BCUT2D eigenvalue weighted by molar-refractivity contribution is -0.144. The molecular formula is C20H17ClN4O2. The molecule has 1 aromatic heterocycles. The third-order valence-corrected chi connectivity index (χ3v) is 4.56. The predicted molar refractivity (Wildman–Crippen MR) is 102 cm³/mol. The Hall–Kier alpha value is -2.99. The van der Waals surface area contributed by atoms with Crippen molar-refractivity contribution in [2.24, 2.45) is 4.99 Å². The van der Waals surface area contributed by atoms with Gasteiger partial charge in [-0.1, -0.05) is 48.9 Å². The van der Waals surface area contributed by atoms with Crippen LogP contribution in [0.2, 0.25) is 5.02 Å². The van der Waals surface area contributed by atoms with Crippen LogP contribution in [-0.4, -0.2) is 26.4 Å². The van der Waals surface area contributed by atoms with E-state index in [1.165, 1.54) is 0 Å². The molecule has 0 saturated heterocycles. The first-order valence-corrected chi connectivity index (χ1v) is 9.04. The molecule has 1 aliphatic heterocycles. The van der Waals surface area contributed by atoms with Crippen LogP contribution in [-0.2, 0) is 22.7 Å². The fraction of sp³-hybridized carbons (Fsp3) is 0.200. The van der Waals surface area contributed by atoms with E-state index in [2.05, 4.69) is 10.2 Å². The van der Waals surface area contributed by atoms with E-state index in [0.717, 1.165) is 22.5 Å². The molecule has 0 radical (unpaired) electrons. The van der Waals surface area contributed by atoms with Gasteiger partial charge in [-0.05, 0) is 18.2 Å². The third-order valence-electron chi connectivity index (χ3n) is 4.33. The summed E-state index contributed by atoms with van der Waals surface area (Å²) in [5, 5.41) is 9.07. The standard InChI is InChI=1S/C20H17ClN4O2/c1-2-19(26)27-12-18-24-23-17-11-22-20(13-6-4-3-5-7-13)15-10-14(21)8-9-16(15)25(17)18/h3-10H,2,11-12H2,1H3. The van der Waals surface area contributed by atoms with Gasteiger partial charge in [-0.25, -0.2) is 0 Å². The molecule has 0 N–H and O–H groups in total. The second-order valence-electron chi connectivity index (χ2n) is 6.07. The zero-order valence-electron chi connectivity index (χ0n) is 14.7. The van der Waals surface area contributed by atoms with Gasteiger partial charge < -0.3 is 4.74 Å². The van der Waals surface area contributed by atoms with E-state index >= 15 is 0 Å². The molecule has 0 fully saturated rings. The summed E-state index contributed by atoms with van der Waals surface area (Å²) >= 11 is 6.28. The number of nitrogens with zero attached hydrogens (tertiary/aromatic N) is 4. The van der Waals surface area contributed by atoms with Crippen LogP contribution in [0.3, 0.4) is 0 Å². The van der Waals surface area contributed by atoms with Gasteiger partial charge >= 0.3 is 5.97 Å². The number of rotatable bonds is 4. The minimum Gasteiger partial charge on any atom is -0.457 e. The number of aliphatic imine (C=N–C) groups is 1. The smallest absolute Gasteiger partial charge is 0.305 e. The average Bonchev–Trinajstić information content (AvgIpc) is 3.02. The van der Waals surface area contributed by atoms with Crippen molar-refractivity contribution in [3.05, 3.63) is 76.3 Å². The highest BCUT2D eigenvalue weighted by atomic mass is 35.5. The molecule has 0 atom stereocenters. The highest BCUT2D eigenvalue weighted by Gasteiger charge is 2.23. The SMILES string of the molecule is CCC(=O)OCc1nnc2n1-c1ccc(Cl)cc1C(c1ccccc1)=NC2. The van der Waals surface area contributed by atoms with Gasteiger partial charge in [-0.15, -0.1) is 10.2 Å². The number of halogens is 1. The first-order valence-electron chi connectivity index (χ1n) is 8.66. The Kier molecular flexibility index (Phi) is 4.73. The van der Waals surface area contributed by atoms with E-state index in [1.54, 1.807) is 6.92 Å². The number of aromatic nitrogens is 3. The zero-order chi connectivity index (χ0) is 18.8. The van der Waals surface area contributed by atoms with E-state index in [0.29, 0.717) is 29.6 Å². The summed E-state index contributed by atoms with van der Waals surface area (Å²) in [7, 11) is 0. The molecule has 0 saturated carbocycles. The minimum atomic E-state index is -0.279. The number of hydrogen-bond donors (Lipinski definition) is 0. The van der Waals surface area contributed by atoms with E-state index < -0.39 is 0 Å². The molecule has 0 amide bonds. The van der Waals surface area contributed by atoms with Crippen molar-refractivity contribution in [2.45, 2.75) is 26.5 Å². The van der Waals surface area contributed by atoms with Crippen molar-refractivity contribution >= 4 is 23.3 Å². The summed E-state index contributed by atoms with van der Waals surface area (Å²) in [5.74, 6) is 0.963. The lowest BCUT2D eigenvalue weighted by Crippen LogP contribution is -2.12. The molecule has 0 spiro atoms. The highest BCUT2D eigenvalue weighted by Crippen LogP contribution is 2.28. The topological polar surface area (TPSA) is 69.4 Å². The molecule has 136 valence electrons. The summed E-state index contributed by atoms with van der Waals surface area (Å²) in [6.45, 7) is 2.18. The second-order valence-corrected chi connectivity index (χ2v) is 6.51. The van der Waals surface area contributed by atoms with Crippen molar-refractivity contribution in [1.82, 2.24) is 14.8 Å². The molecule has 0 aliphatic carbocycles. The van der Waals surface area contributed by atoms with Gasteiger partial charge in [0.1, 0.15) is 6.54 Å². The Morgan fingerprint density at radius 3 is 2.78 bits per heavy atom. The van der Waals surface area contributed by atoms with Gasteiger partial charge in [-0.2, -0.15) is 0 Å². The van der Waals surface area contributed by atoms with Crippen molar-refractivity contribution in [3.8, 4) is 5.69 Å². The molecule has 2 aromatic carbocycles. The van der Waals surface area contributed by atoms with E-state index in [1.807, 2.05) is 53.1 Å². The number of fused-ring (bicyclic) bond motifs is 3. The molecular weight excluding hydrogens is 364 g/mol. The summed E-state index contributed by atoms with van der Waals surface area (Å²) in [5.41, 5.74) is 3.59. The van der Waals surface area contributed by atoms with Crippen LogP contribution in [0.15, 0.2) is 53.5 Å². The minimum absolute atomic E-state index is 0.0579. The number of esters is 1.